The van der Waals surface area contributed by atoms with Crippen LogP contribution in [0, 0.1) is 17.2 Å². The number of carbonyl (C=O) groups is 1. The molecule has 2 N–H and O–H groups in total. The lowest BCUT2D eigenvalue weighted by Gasteiger charge is -2.40. The van der Waals surface area contributed by atoms with Crippen molar-refractivity contribution >= 4 is 32.5 Å². The predicted molar refractivity (Wildman–Crippen MR) is 118 cm³/mol. The quantitative estimate of drug-likeness (QED) is 0.683. The molecule has 1 aromatic heterocycles. The fourth-order valence-corrected chi connectivity index (χ4v) is 7.21. The van der Waals surface area contributed by atoms with E-state index in [2.05, 4.69) is 15.7 Å². The normalized spacial score (nSPS) is 28.8. The average molecular weight is 461 g/mol. The van der Waals surface area contributed by atoms with E-state index >= 15 is 0 Å². The molecule has 2 heterocycles. The largest absolute Gasteiger partial charge is 0.480 e. The molecule has 0 radical (unpaired) electrons. The first-order valence-corrected chi connectivity index (χ1v) is 12.3. The third kappa shape index (κ3) is 3.72. The minimum absolute atomic E-state index is 0.113. The SMILES string of the molecule is C[C@@H]1CN(S(=O)(=O)N[C@@]2(C(=O)O)[C@H](C)[C@@H]2c2ccccc2)CCN1c1ccc(C#N)s1. The number of hydrogen-bond donors (Lipinski definition) is 2. The lowest BCUT2D eigenvalue weighted by molar-refractivity contribution is -0.140. The number of nitriles is 1. The summed E-state index contributed by atoms with van der Waals surface area (Å²) >= 11 is 1.38. The van der Waals surface area contributed by atoms with Gasteiger partial charge >= 0.3 is 5.97 Å². The maximum atomic E-state index is 13.2. The van der Waals surface area contributed by atoms with E-state index in [1.807, 2.05) is 43.3 Å². The minimum Gasteiger partial charge on any atom is -0.480 e. The second-order valence-corrected chi connectivity index (χ2v) is 10.8. The topological polar surface area (TPSA) is 114 Å². The number of aliphatic carboxylic acids is 1. The minimum atomic E-state index is -4.01. The fourth-order valence-electron chi connectivity index (χ4n) is 4.59. The molecule has 0 amide bonds. The van der Waals surface area contributed by atoms with E-state index in [-0.39, 0.29) is 25.0 Å². The molecular weight excluding hydrogens is 436 g/mol. The van der Waals surface area contributed by atoms with Crippen molar-refractivity contribution in [1.82, 2.24) is 9.03 Å². The maximum absolute atomic E-state index is 13.2. The van der Waals surface area contributed by atoms with Crippen LogP contribution in [0.25, 0.3) is 0 Å². The van der Waals surface area contributed by atoms with Crippen LogP contribution in [0.3, 0.4) is 0 Å². The van der Waals surface area contributed by atoms with Crippen molar-refractivity contribution in [1.29, 1.82) is 5.26 Å². The monoisotopic (exact) mass is 460 g/mol. The first-order chi connectivity index (χ1) is 14.7. The number of carboxylic acid groups (broad SMARTS) is 1. The molecule has 8 nitrogen and oxygen atoms in total. The van der Waals surface area contributed by atoms with Crippen molar-refractivity contribution in [2.24, 2.45) is 5.92 Å². The number of anilines is 1. The van der Waals surface area contributed by atoms with Crippen molar-refractivity contribution in [2.45, 2.75) is 31.3 Å². The number of piperazine rings is 1. The Balaban J connectivity index is 1.51. The van der Waals surface area contributed by atoms with Crippen LogP contribution in [0.15, 0.2) is 42.5 Å². The molecule has 1 aliphatic carbocycles. The van der Waals surface area contributed by atoms with Gasteiger partial charge in [0.25, 0.3) is 10.2 Å². The number of nitrogens with one attached hydrogen (secondary N) is 1. The van der Waals surface area contributed by atoms with Crippen LogP contribution in [-0.2, 0) is 15.0 Å². The summed E-state index contributed by atoms with van der Waals surface area (Å²) < 4.78 is 30.3. The van der Waals surface area contributed by atoms with Gasteiger partial charge in [-0.05, 0) is 30.5 Å². The Kier molecular flexibility index (Phi) is 5.55. The van der Waals surface area contributed by atoms with Gasteiger partial charge in [-0.15, -0.1) is 11.3 Å². The highest BCUT2D eigenvalue weighted by Crippen LogP contribution is 2.58. The molecule has 4 rings (SSSR count). The average Bonchev–Trinajstić information content (AvgIpc) is 3.10. The van der Waals surface area contributed by atoms with Gasteiger partial charge in [0.05, 0.1) is 5.00 Å². The molecule has 1 aliphatic heterocycles. The van der Waals surface area contributed by atoms with Gasteiger partial charge in [-0.3, -0.25) is 4.79 Å². The second kappa shape index (κ2) is 7.91. The maximum Gasteiger partial charge on any atom is 0.325 e. The molecule has 0 bridgehead atoms. The number of rotatable bonds is 6. The molecule has 2 fully saturated rings. The lowest BCUT2D eigenvalue weighted by Crippen LogP contribution is -2.59. The molecule has 2 aliphatic rings. The predicted octanol–water partition coefficient (Wildman–Crippen LogP) is 2.22. The Morgan fingerprint density at radius 1 is 1.23 bits per heavy atom. The van der Waals surface area contributed by atoms with Crippen LogP contribution in [0.5, 0.6) is 0 Å². The van der Waals surface area contributed by atoms with Crippen LogP contribution in [0.2, 0.25) is 0 Å². The Bertz CT molecular complexity index is 1130. The smallest absolute Gasteiger partial charge is 0.325 e. The van der Waals surface area contributed by atoms with Gasteiger partial charge in [0.1, 0.15) is 16.5 Å². The van der Waals surface area contributed by atoms with E-state index < -0.39 is 27.6 Å². The number of nitrogens with zero attached hydrogens (tertiary/aromatic N) is 3. The summed E-state index contributed by atoms with van der Waals surface area (Å²) in [6.07, 6.45) is 0. The molecule has 4 atom stereocenters. The zero-order valence-electron chi connectivity index (χ0n) is 17.2. The van der Waals surface area contributed by atoms with Crippen LogP contribution < -0.4 is 9.62 Å². The summed E-state index contributed by atoms with van der Waals surface area (Å²) in [5, 5.41) is 19.9. The van der Waals surface area contributed by atoms with Gasteiger partial charge in [0.2, 0.25) is 0 Å². The van der Waals surface area contributed by atoms with Gasteiger partial charge < -0.3 is 10.0 Å². The van der Waals surface area contributed by atoms with Gasteiger partial charge in [0, 0.05) is 31.6 Å². The Hall–Kier alpha value is -2.45. The summed E-state index contributed by atoms with van der Waals surface area (Å²) in [6, 6.07) is 14.8. The van der Waals surface area contributed by atoms with E-state index in [9.17, 15) is 18.3 Å². The summed E-state index contributed by atoms with van der Waals surface area (Å²) in [4.78, 5) is 14.9. The highest BCUT2D eigenvalue weighted by Gasteiger charge is 2.70. The van der Waals surface area contributed by atoms with E-state index in [1.54, 1.807) is 13.0 Å². The molecule has 1 aromatic carbocycles. The zero-order chi connectivity index (χ0) is 22.4. The summed E-state index contributed by atoms with van der Waals surface area (Å²) in [5.74, 6) is -1.95. The number of thiophene rings is 1. The van der Waals surface area contributed by atoms with Crippen molar-refractivity contribution in [3.63, 3.8) is 0 Å². The number of hydrogen-bond acceptors (Lipinski definition) is 6. The van der Waals surface area contributed by atoms with Crippen LogP contribution in [0.4, 0.5) is 5.00 Å². The van der Waals surface area contributed by atoms with Crippen molar-refractivity contribution in [2.75, 3.05) is 24.5 Å². The molecule has 1 saturated heterocycles. The van der Waals surface area contributed by atoms with Gasteiger partial charge in [-0.25, -0.2) is 0 Å². The van der Waals surface area contributed by atoms with Crippen molar-refractivity contribution in [3.8, 4) is 6.07 Å². The summed E-state index contributed by atoms with van der Waals surface area (Å²) in [6.45, 7) is 4.62. The van der Waals surface area contributed by atoms with E-state index in [0.717, 1.165) is 10.6 Å². The van der Waals surface area contributed by atoms with Crippen LogP contribution in [0.1, 0.15) is 30.2 Å². The van der Waals surface area contributed by atoms with Crippen molar-refractivity contribution < 1.29 is 18.3 Å². The zero-order valence-corrected chi connectivity index (χ0v) is 18.9. The van der Waals surface area contributed by atoms with E-state index in [1.165, 1.54) is 15.6 Å². The summed E-state index contributed by atoms with van der Waals surface area (Å²) in [7, 11) is -4.01. The Morgan fingerprint density at radius 3 is 2.52 bits per heavy atom. The molecule has 10 heteroatoms. The highest BCUT2D eigenvalue weighted by atomic mass is 32.2. The summed E-state index contributed by atoms with van der Waals surface area (Å²) in [5.41, 5.74) is -0.736. The van der Waals surface area contributed by atoms with E-state index in [0.29, 0.717) is 11.4 Å². The van der Waals surface area contributed by atoms with Crippen molar-refractivity contribution in [3.05, 3.63) is 52.9 Å². The Morgan fingerprint density at radius 2 is 1.94 bits per heavy atom. The van der Waals surface area contributed by atoms with Crippen LogP contribution in [-0.4, -0.2) is 55.0 Å². The van der Waals surface area contributed by atoms with Crippen LogP contribution >= 0.6 is 11.3 Å². The van der Waals surface area contributed by atoms with Gasteiger partial charge in [0.15, 0.2) is 0 Å². The number of carboxylic acids is 1. The molecule has 1 saturated carbocycles. The molecule has 2 aromatic rings. The third-order valence-corrected chi connectivity index (χ3v) is 8.96. The number of benzene rings is 1. The molecule has 164 valence electrons. The fraction of sp³-hybridized carbons (Fsp3) is 0.429. The molecule has 31 heavy (non-hydrogen) atoms. The van der Waals surface area contributed by atoms with Gasteiger partial charge in [-0.2, -0.15) is 22.7 Å². The third-order valence-electron chi connectivity index (χ3n) is 6.33. The second-order valence-electron chi connectivity index (χ2n) is 8.11. The standard InChI is InChI=1S/C21H24N4O4S2/c1-14-13-24(10-11-25(14)18-9-8-17(12-22)30-18)31(28,29)23-21(20(26)27)15(2)19(21)16-6-4-3-5-7-16/h3-9,14-15,19,23H,10-11,13H2,1-2H3,(H,26,27)/t14-,15-,19-,21+/m1/s1. The first-order valence-electron chi connectivity index (χ1n) is 10.0. The van der Waals surface area contributed by atoms with Gasteiger partial charge in [-0.1, -0.05) is 37.3 Å². The Labute approximate surface area is 185 Å². The van der Waals surface area contributed by atoms with E-state index in [4.69, 9.17) is 5.26 Å². The molecular formula is C21H24N4O4S2. The highest BCUT2D eigenvalue weighted by molar-refractivity contribution is 7.87. The molecule has 0 spiro atoms. The lowest BCUT2D eigenvalue weighted by atomic mass is 10.1. The first kappa shape index (κ1) is 21.8. The molecule has 0 unspecified atom stereocenters.